The van der Waals surface area contributed by atoms with Gasteiger partial charge >= 0.3 is 6.09 Å². The molecule has 2 atom stereocenters. The fourth-order valence-electron chi connectivity index (χ4n) is 6.32. The van der Waals surface area contributed by atoms with Crippen LogP contribution in [0, 0.1) is 11.6 Å². The van der Waals surface area contributed by atoms with Crippen molar-refractivity contribution >= 4 is 39.9 Å². The van der Waals surface area contributed by atoms with Gasteiger partial charge in [0.15, 0.2) is 5.82 Å². The van der Waals surface area contributed by atoms with Gasteiger partial charge in [-0.2, -0.15) is 4.41 Å². The first-order valence-corrected chi connectivity index (χ1v) is 18.7. The number of aromatic amines is 1. The molecule has 6 rings (SSSR count). The Morgan fingerprint density at radius 2 is 1.76 bits per heavy atom. The number of nitrogens with zero attached hydrogens (tertiary/aromatic N) is 5. The van der Waals surface area contributed by atoms with E-state index in [-0.39, 0.29) is 31.2 Å². The molecule has 13 nitrogen and oxygen atoms in total. The standard InChI is InChI=1S/C37H43F3N6O7S/c1-37(2,3)53-36(48)44-14-12-43(13-15-44)16-17-51-18-19-52-27-6-4-24(5-7-27)25-20-28-29(22-42-35(28)41-21-25)34(47)32-30(39)8-9-31(33(32)40)46(54(49)50)45-11-10-26(38)23-45/h4-9,20-22,26H,10-19,23H2,1-3H3,(H,41,42)(H,49,50)/t26-/m1/s1. The number of amides is 1. The SMILES string of the molecule is CC(C)(C)OC(=O)N1CCN(CCOCCOc2ccc(-c3cnc4[nH]cc(C(=O)c5c(F)ccc(N(N6CC[C@@H](F)C6)S(=O)O)c5F)c4c3)cc2)CC1. The van der Waals surface area contributed by atoms with E-state index < -0.39 is 51.7 Å². The van der Waals surface area contributed by atoms with Crippen molar-refractivity contribution in [2.45, 2.75) is 39.0 Å². The molecule has 0 spiro atoms. The van der Waals surface area contributed by atoms with E-state index in [1.807, 2.05) is 32.9 Å². The van der Waals surface area contributed by atoms with Crippen LogP contribution >= 0.6 is 0 Å². The first-order valence-electron chi connectivity index (χ1n) is 17.6. The molecule has 0 radical (unpaired) electrons. The van der Waals surface area contributed by atoms with Crippen molar-refractivity contribution in [2.24, 2.45) is 0 Å². The lowest BCUT2D eigenvalue weighted by Gasteiger charge is -2.35. The smallest absolute Gasteiger partial charge is 0.410 e. The van der Waals surface area contributed by atoms with E-state index in [1.54, 1.807) is 29.3 Å². The van der Waals surface area contributed by atoms with Crippen molar-refractivity contribution in [3.05, 3.63) is 77.6 Å². The van der Waals surface area contributed by atoms with E-state index in [1.165, 1.54) is 6.20 Å². The predicted octanol–water partition coefficient (Wildman–Crippen LogP) is 5.59. The van der Waals surface area contributed by atoms with Gasteiger partial charge < -0.3 is 24.1 Å². The molecule has 2 N–H and O–H groups in total. The average Bonchev–Trinajstić information content (AvgIpc) is 3.76. The minimum atomic E-state index is -2.82. The number of carbonyl (C=O) groups excluding carboxylic acids is 2. The van der Waals surface area contributed by atoms with Crippen LogP contribution in [0.5, 0.6) is 5.75 Å². The van der Waals surface area contributed by atoms with Crippen molar-refractivity contribution in [3.8, 4) is 16.9 Å². The molecule has 2 aromatic carbocycles. The Kier molecular flexibility index (Phi) is 12.2. The van der Waals surface area contributed by atoms with Gasteiger partial charge in [-0.25, -0.2) is 32.2 Å². The number of piperazine rings is 1. The first-order chi connectivity index (χ1) is 25.8. The number of carbonyl (C=O) groups is 2. The molecule has 1 unspecified atom stereocenters. The number of aromatic nitrogens is 2. The number of pyridine rings is 1. The van der Waals surface area contributed by atoms with Crippen molar-refractivity contribution in [1.82, 2.24) is 24.8 Å². The summed E-state index contributed by atoms with van der Waals surface area (Å²) < 4.78 is 84.7. The Morgan fingerprint density at radius 3 is 2.43 bits per heavy atom. The zero-order valence-corrected chi connectivity index (χ0v) is 31.0. The topological polar surface area (TPSA) is 141 Å². The van der Waals surface area contributed by atoms with Gasteiger partial charge in [-0.1, -0.05) is 12.1 Å². The minimum Gasteiger partial charge on any atom is -0.491 e. The van der Waals surface area contributed by atoms with Crippen LogP contribution in [0.1, 0.15) is 43.1 Å². The Hall–Kier alpha value is -4.55. The molecule has 2 fully saturated rings. The normalized spacial score (nSPS) is 17.5. The van der Waals surface area contributed by atoms with E-state index in [4.69, 9.17) is 14.2 Å². The molecule has 4 aromatic rings. The molecule has 17 heteroatoms. The highest BCUT2D eigenvalue weighted by molar-refractivity contribution is 7.80. The summed E-state index contributed by atoms with van der Waals surface area (Å²) in [6.07, 6.45) is 1.39. The highest BCUT2D eigenvalue weighted by atomic mass is 32.2. The summed E-state index contributed by atoms with van der Waals surface area (Å²) in [5, 5.41) is 1.46. The van der Waals surface area contributed by atoms with Gasteiger partial charge in [0.05, 0.1) is 25.3 Å². The Balaban J connectivity index is 1.03. The van der Waals surface area contributed by atoms with Crippen LogP contribution in [0.4, 0.5) is 23.7 Å². The highest BCUT2D eigenvalue weighted by Crippen LogP contribution is 2.33. The molecular formula is C37H43F3N6O7S. The number of alkyl halides is 1. The second-order valence-electron chi connectivity index (χ2n) is 14.0. The number of halogens is 3. The number of nitrogens with one attached hydrogen (secondary N) is 1. The monoisotopic (exact) mass is 772 g/mol. The number of hydrogen-bond acceptors (Lipinski definition) is 9. The summed E-state index contributed by atoms with van der Waals surface area (Å²) in [6.45, 7) is 10.0. The predicted molar refractivity (Wildman–Crippen MR) is 196 cm³/mol. The summed E-state index contributed by atoms with van der Waals surface area (Å²) in [5.41, 5.74) is -0.344. The number of rotatable bonds is 13. The zero-order valence-electron chi connectivity index (χ0n) is 30.2. The zero-order chi connectivity index (χ0) is 38.6. The Morgan fingerprint density at radius 1 is 1.02 bits per heavy atom. The quantitative estimate of drug-likeness (QED) is 0.100. The molecule has 2 aliphatic rings. The molecule has 0 aliphatic carbocycles. The number of hydrogen-bond donors (Lipinski definition) is 2. The van der Waals surface area contributed by atoms with Crippen LogP contribution in [0.2, 0.25) is 0 Å². The number of fused-ring (bicyclic) bond motifs is 1. The molecule has 0 saturated carbocycles. The minimum absolute atomic E-state index is 0.0338. The number of hydrazine groups is 1. The van der Waals surface area contributed by atoms with Crippen LogP contribution in [0.3, 0.4) is 0 Å². The lowest BCUT2D eigenvalue weighted by atomic mass is 9.99. The highest BCUT2D eigenvalue weighted by Gasteiger charge is 2.34. The third kappa shape index (κ3) is 9.21. The number of H-pyrrole nitrogens is 1. The summed E-state index contributed by atoms with van der Waals surface area (Å²) in [5.74, 6) is -2.90. The molecule has 0 bridgehead atoms. The lowest BCUT2D eigenvalue weighted by Crippen LogP contribution is -2.50. The van der Waals surface area contributed by atoms with Gasteiger partial charge in [0.1, 0.15) is 41.3 Å². The molecule has 4 heterocycles. The number of ketones is 1. The maximum absolute atomic E-state index is 15.9. The number of ether oxygens (including phenoxy) is 3. The molecular weight excluding hydrogens is 730 g/mol. The lowest BCUT2D eigenvalue weighted by molar-refractivity contribution is 0.0108. The van der Waals surface area contributed by atoms with E-state index in [9.17, 15) is 22.7 Å². The largest absolute Gasteiger partial charge is 0.491 e. The van der Waals surface area contributed by atoms with Crippen LogP contribution in [-0.2, 0) is 20.7 Å². The number of anilines is 1. The molecule has 290 valence electrons. The van der Waals surface area contributed by atoms with Gasteiger partial charge in [-0.15, -0.1) is 0 Å². The van der Waals surface area contributed by atoms with Crippen molar-refractivity contribution in [3.63, 3.8) is 0 Å². The van der Waals surface area contributed by atoms with Gasteiger partial charge in [0, 0.05) is 68.2 Å². The summed E-state index contributed by atoms with van der Waals surface area (Å²) in [4.78, 5) is 37.2. The van der Waals surface area contributed by atoms with Gasteiger partial charge in [0.25, 0.3) is 11.3 Å². The molecule has 2 aliphatic heterocycles. The summed E-state index contributed by atoms with van der Waals surface area (Å²) in [6, 6.07) is 10.7. The van der Waals surface area contributed by atoms with Crippen molar-refractivity contribution in [2.75, 3.05) is 70.0 Å². The second-order valence-corrected chi connectivity index (χ2v) is 14.8. The Bertz CT molecular complexity index is 1990. The summed E-state index contributed by atoms with van der Waals surface area (Å²) >= 11 is -2.82. The van der Waals surface area contributed by atoms with E-state index >= 15 is 8.78 Å². The van der Waals surface area contributed by atoms with E-state index in [0.29, 0.717) is 59.7 Å². The second kappa shape index (κ2) is 16.9. The fraction of sp³-hybridized carbons (Fsp3) is 0.432. The van der Waals surface area contributed by atoms with Crippen LogP contribution < -0.4 is 9.15 Å². The molecule has 2 saturated heterocycles. The van der Waals surface area contributed by atoms with Gasteiger partial charge in [-0.3, -0.25) is 14.2 Å². The molecule has 54 heavy (non-hydrogen) atoms. The van der Waals surface area contributed by atoms with E-state index in [2.05, 4.69) is 14.9 Å². The van der Waals surface area contributed by atoms with E-state index in [0.717, 1.165) is 42.3 Å². The van der Waals surface area contributed by atoms with Crippen molar-refractivity contribution < 1.29 is 45.7 Å². The third-order valence-corrected chi connectivity index (χ3v) is 9.78. The van der Waals surface area contributed by atoms with Gasteiger partial charge in [0.2, 0.25) is 5.78 Å². The van der Waals surface area contributed by atoms with Crippen LogP contribution in [-0.4, -0.2) is 123 Å². The van der Waals surface area contributed by atoms with Crippen LogP contribution in [0.25, 0.3) is 22.2 Å². The molecule has 1 amide bonds. The maximum atomic E-state index is 15.9. The Labute approximate surface area is 313 Å². The fourth-order valence-corrected chi connectivity index (χ4v) is 6.98. The summed E-state index contributed by atoms with van der Waals surface area (Å²) in [7, 11) is 0. The average molecular weight is 773 g/mol. The maximum Gasteiger partial charge on any atom is 0.410 e. The third-order valence-electron chi connectivity index (χ3n) is 9.05. The van der Waals surface area contributed by atoms with Gasteiger partial charge in [-0.05, 0) is 63.1 Å². The molecule has 2 aromatic heterocycles. The number of benzene rings is 2. The van der Waals surface area contributed by atoms with Crippen LogP contribution in [0.15, 0.2) is 54.9 Å². The van der Waals surface area contributed by atoms with Crippen molar-refractivity contribution in [1.29, 1.82) is 0 Å². The first kappa shape index (κ1) is 39.2.